The zero-order valence-corrected chi connectivity index (χ0v) is 11.7. The van der Waals surface area contributed by atoms with Crippen LogP contribution in [0, 0.1) is 5.92 Å². The van der Waals surface area contributed by atoms with E-state index in [2.05, 4.69) is 36.1 Å². The predicted molar refractivity (Wildman–Crippen MR) is 76.8 cm³/mol. The largest absolute Gasteiger partial charge is 0.375 e. The van der Waals surface area contributed by atoms with Gasteiger partial charge in [0.2, 0.25) is 0 Å². The lowest BCUT2D eigenvalue weighted by atomic mass is 9.89. The first-order chi connectivity index (χ1) is 9.25. The van der Waals surface area contributed by atoms with E-state index in [4.69, 9.17) is 10.5 Å². The molecule has 3 unspecified atom stereocenters. The zero-order valence-electron chi connectivity index (χ0n) is 11.7. The van der Waals surface area contributed by atoms with Crippen LogP contribution in [0.2, 0.25) is 0 Å². The van der Waals surface area contributed by atoms with E-state index in [1.807, 2.05) is 0 Å². The first kappa shape index (κ1) is 13.1. The highest BCUT2D eigenvalue weighted by molar-refractivity contribution is 5.31. The highest BCUT2D eigenvalue weighted by Crippen LogP contribution is 2.33. The third kappa shape index (κ3) is 2.69. The average molecular weight is 260 g/mol. The fourth-order valence-electron chi connectivity index (χ4n) is 3.42. The lowest BCUT2D eigenvalue weighted by molar-refractivity contribution is 0.0126. The number of piperidine rings is 1. The van der Waals surface area contributed by atoms with Gasteiger partial charge in [-0.2, -0.15) is 0 Å². The molecule has 0 bridgehead atoms. The van der Waals surface area contributed by atoms with Crippen LogP contribution in [0.15, 0.2) is 24.3 Å². The van der Waals surface area contributed by atoms with Crippen LogP contribution in [-0.4, -0.2) is 30.6 Å². The van der Waals surface area contributed by atoms with Crippen molar-refractivity contribution in [1.29, 1.82) is 0 Å². The van der Waals surface area contributed by atoms with Crippen molar-refractivity contribution in [2.24, 2.45) is 11.7 Å². The molecule has 1 aromatic rings. The van der Waals surface area contributed by atoms with E-state index in [0.29, 0.717) is 18.0 Å². The van der Waals surface area contributed by atoms with Crippen LogP contribution >= 0.6 is 0 Å². The van der Waals surface area contributed by atoms with E-state index in [1.54, 1.807) is 0 Å². The molecule has 0 radical (unpaired) electrons. The second-order valence-corrected chi connectivity index (χ2v) is 5.99. The molecule has 19 heavy (non-hydrogen) atoms. The Morgan fingerprint density at radius 2 is 2.21 bits per heavy atom. The first-order valence-electron chi connectivity index (χ1n) is 7.41. The molecule has 3 heteroatoms. The van der Waals surface area contributed by atoms with Gasteiger partial charge in [0.15, 0.2) is 0 Å². The van der Waals surface area contributed by atoms with Crippen LogP contribution in [0.1, 0.15) is 36.9 Å². The lowest BCUT2D eigenvalue weighted by Crippen LogP contribution is -2.45. The molecule has 0 amide bonds. The van der Waals surface area contributed by atoms with Gasteiger partial charge in [-0.15, -0.1) is 0 Å². The van der Waals surface area contributed by atoms with Crippen LogP contribution < -0.4 is 5.73 Å². The summed E-state index contributed by atoms with van der Waals surface area (Å²) in [4.78, 5) is 2.58. The van der Waals surface area contributed by atoms with E-state index in [0.717, 1.165) is 19.8 Å². The maximum atomic E-state index is 6.10. The number of benzene rings is 1. The second kappa shape index (κ2) is 5.61. The first-order valence-corrected chi connectivity index (χ1v) is 7.41. The van der Waals surface area contributed by atoms with Gasteiger partial charge in [-0.05, 0) is 43.4 Å². The number of fused-ring (bicyclic) bond motifs is 1. The highest BCUT2D eigenvalue weighted by atomic mass is 16.5. The van der Waals surface area contributed by atoms with Crippen LogP contribution in [0.4, 0.5) is 0 Å². The Kier molecular flexibility index (Phi) is 3.87. The topological polar surface area (TPSA) is 38.5 Å². The van der Waals surface area contributed by atoms with Crippen LogP contribution in [0.3, 0.4) is 0 Å². The van der Waals surface area contributed by atoms with Crippen LogP contribution in [0.5, 0.6) is 0 Å². The van der Waals surface area contributed by atoms with E-state index < -0.39 is 0 Å². The van der Waals surface area contributed by atoms with E-state index >= 15 is 0 Å². The van der Waals surface area contributed by atoms with Crippen LogP contribution in [0.25, 0.3) is 0 Å². The van der Waals surface area contributed by atoms with Crippen molar-refractivity contribution in [3.8, 4) is 0 Å². The molecule has 0 saturated carbocycles. The van der Waals surface area contributed by atoms with Gasteiger partial charge in [-0.1, -0.05) is 24.3 Å². The minimum Gasteiger partial charge on any atom is -0.375 e. The number of hydrogen-bond donors (Lipinski definition) is 1. The summed E-state index contributed by atoms with van der Waals surface area (Å²) in [5.41, 5.74) is 8.90. The molecule has 0 aliphatic carbocycles. The maximum Gasteiger partial charge on any atom is 0.0721 e. The Morgan fingerprint density at radius 3 is 3.05 bits per heavy atom. The molecule has 2 aliphatic heterocycles. The summed E-state index contributed by atoms with van der Waals surface area (Å²) >= 11 is 0. The zero-order chi connectivity index (χ0) is 13.2. The number of rotatable bonds is 2. The minimum atomic E-state index is 0.294. The third-order valence-corrected chi connectivity index (χ3v) is 4.62. The smallest absolute Gasteiger partial charge is 0.0721 e. The summed E-state index contributed by atoms with van der Waals surface area (Å²) in [6.07, 6.45) is 2.52. The summed E-state index contributed by atoms with van der Waals surface area (Å²) in [5.74, 6) is 0.628. The third-order valence-electron chi connectivity index (χ3n) is 4.62. The van der Waals surface area contributed by atoms with Crippen molar-refractivity contribution in [3.05, 3.63) is 35.4 Å². The standard InChI is InChI=1S/C16H24N2O/c1-12(17)13-6-4-8-18(9-13)16-11-19-10-14-5-2-3-7-15(14)16/h2-3,5,7,12-13,16H,4,6,8-11,17H2,1H3. The van der Waals surface area contributed by atoms with Crippen molar-refractivity contribution in [1.82, 2.24) is 4.90 Å². The predicted octanol–water partition coefficient (Wildman–Crippen LogP) is 2.32. The Balaban J connectivity index is 1.79. The number of ether oxygens (including phenoxy) is 1. The number of likely N-dealkylation sites (tertiary alicyclic amines) is 1. The Bertz CT molecular complexity index is 433. The van der Waals surface area contributed by atoms with Gasteiger partial charge in [0.05, 0.1) is 19.3 Å². The van der Waals surface area contributed by atoms with Gasteiger partial charge in [0.1, 0.15) is 0 Å². The Morgan fingerprint density at radius 1 is 1.37 bits per heavy atom. The molecule has 1 fully saturated rings. The number of nitrogens with zero attached hydrogens (tertiary/aromatic N) is 1. The average Bonchev–Trinajstić information content (AvgIpc) is 2.47. The quantitative estimate of drug-likeness (QED) is 0.887. The van der Waals surface area contributed by atoms with Crippen molar-refractivity contribution < 1.29 is 4.74 Å². The highest BCUT2D eigenvalue weighted by Gasteiger charge is 2.31. The molecule has 3 nitrogen and oxygen atoms in total. The van der Waals surface area contributed by atoms with Gasteiger partial charge in [-0.25, -0.2) is 0 Å². The summed E-state index contributed by atoms with van der Waals surface area (Å²) in [5, 5.41) is 0. The monoisotopic (exact) mass is 260 g/mol. The molecule has 104 valence electrons. The fourth-order valence-corrected chi connectivity index (χ4v) is 3.42. The van der Waals surface area contributed by atoms with Crippen molar-refractivity contribution in [2.75, 3.05) is 19.7 Å². The van der Waals surface area contributed by atoms with Gasteiger partial charge < -0.3 is 10.5 Å². The summed E-state index contributed by atoms with van der Waals surface area (Å²) in [7, 11) is 0. The second-order valence-electron chi connectivity index (χ2n) is 5.99. The fraction of sp³-hybridized carbons (Fsp3) is 0.625. The van der Waals surface area contributed by atoms with Gasteiger partial charge >= 0.3 is 0 Å². The van der Waals surface area contributed by atoms with Crippen molar-refractivity contribution in [3.63, 3.8) is 0 Å². The molecule has 1 saturated heterocycles. The van der Waals surface area contributed by atoms with Crippen molar-refractivity contribution in [2.45, 2.75) is 38.5 Å². The summed E-state index contributed by atoms with van der Waals surface area (Å²) in [6.45, 7) is 6.00. The van der Waals surface area contributed by atoms with Gasteiger partial charge in [0, 0.05) is 12.6 Å². The van der Waals surface area contributed by atoms with E-state index in [9.17, 15) is 0 Å². The SMILES string of the molecule is CC(N)C1CCCN(C2COCc3ccccc32)C1. The van der Waals surface area contributed by atoms with Crippen LogP contribution in [-0.2, 0) is 11.3 Å². The number of hydrogen-bond acceptors (Lipinski definition) is 3. The molecule has 2 N–H and O–H groups in total. The Labute approximate surface area is 115 Å². The molecule has 0 spiro atoms. The minimum absolute atomic E-state index is 0.294. The lowest BCUT2D eigenvalue weighted by Gasteiger charge is -2.41. The van der Waals surface area contributed by atoms with Gasteiger partial charge in [0.25, 0.3) is 0 Å². The molecule has 1 aromatic carbocycles. The molecular weight excluding hydrogens is 236 g/mol. The van der Waals surface area contributed by atoms with E-state index in [1.165, 1.54) is 30.5 Å². The molecule has 0 aromatic heterocycles. The summed E-state index contributed by atoms with van der Waals surface area (Å²) in [6, 6.07) is 9.41. The molecule has 2 heterocycles. The maximum absolute atomic E-state index is 6.10. The molecule has 3 atom stereocenters. The molecule has 2 aliphatic rings. The summed E-state index contributed by atoms with van der Waals surface area (Å²) < 4.78 is 5.78. The normalized spacial score (nSPS) is 29.8. The Hall–Kier alpha value is -0.900. The van der Waals surface area contributed by atoms with Crippen molar-refractivity contribution >= 4 is 0 Å². The molecular formula is C16H24N2O. The molecule has 3 rings (SSSR count). The van der Waals surface area contributed by atoms with E-state index in [-0.39, 0.29) is 0 Å². The number of nitrogens with two attached hydrogens (primary N) is 1. The van der Waals surface area contributed by atoms with Gasteiger partial charge in [-0.3, -0.25) is 4.90 Å².